The summed E-state index contributed by atoms with van der Waals surface area (Å²) in [6.07, 6.45) is 8.47. The molecule has 0 spiro atoms. The van der Waals surface area contributed by atoms with E-state index in [0.717, 1.165) is 55.5 Å². The molecule has 0 fully saturated rings. The molecule has 0 atom stereocenters. The molecule has 0 N–H and O–H groups in total. The Kier molecular flexibility index (Phi) is 17.5. The summed E-state index contributed by atoms with van der Waals surface area (Å²) in [5.74, 6) is 0. The van der Waals surface area contributed by atoms with Crippen molar-refractivity contribution in [3.05, 3.63) is 260 Å². The van der Waals surface area contributed by atoms with Gasteiger partial charge in [0.1, 0.15) is 0 Å². The van der Waals surface area contributed by atoms with Gasteiger partial charge in [-0.25, -0.2) is 0 Å². The van der Waals surface area contributed by atoms with Crippen molar-refractivity contribution >= 4 is 100 Å². The predicted molar refractivity (Wildman–Crippen MR) is 277 cm³/mol. The Labute approximate surface area is 423 Å². The van der Waals surface area contributed by atoms with Crippen molar-refractivity contribution in [2.75, 3.05) is 0 Å². The molecule has 2 aromatic heterocycles. The molecule has 332 valence electrons. The summed E-state index contributed by atoms with van der Waals surface area (Å²) in [4.78, 5) is 21.9. The molecule has 9 heteroatoms. The van der Waals surface area contributed by atoms with Crippen molar-refractivity contribution < 1.29 is 40.8 Å². The zero-order chi connectivity index (χ0) is 44.6. The van der Waals surface area contributed by atoms with Gasteiger partial charge in [0, 0.05) is 24.1 Å². The maximum absolute atomic E-state index is 4.53. The van der Waals surface area contributed by atoms with Crippen molar-refractivity contribution in [2.45, 2.75) is 0 Å². The average Bonchev–Trinajstić information content (AvgIpc) is 3.41. The monoisotopic (exact) mass is 1060 g/mol. The molecule has 0 radical (unpaired) electrons. The fourth-order valence-corrected chi connectivity index (χ4v) is 7.51. The molecule has 0 aliphatic carbocycles. The van der Waals surface area contributed by atoms with E-state index >= 15 is 0 Å². The van der Waals surface area contributed by atoms with Crippen LogP contribution in [0.3, 0.4) is 0 Å². The van der Waals surface area contributed by atoms with E-state index in [1.54, 1.807) is 25.1 Å². The molecule has 2 heterocycles. The summed E-state index contributed by atoms with van der Waals surface area (Å²) in [6, 6.07) is 78.7. The van der Waals surface area contributed by atoms with Crippen LogP contribution in [0.5, 0.6) is 0 Å². The van der Waals surface area contributed by atoms with Crippen LogP contribution in [0.4, 0.5) is 22.7 Å². The van der Waals surface area contributed by atoms with Crippen molar-refractivity contribution in [1.29, 1.82) is 0 Å². The molecule has 0 bridgehead atoms. The van der Waals surface area contributed by atoms with Crippen LogP contribution in [0.25, 0.3) is 75.7 Å². The van der Waals surface area contributed by atoms with Gasteiger partial charge in [-0.3, -0.25) is 4.98 Å². The second kappa shape index (κ2) is 24.7. The number of para-hydroxylation sites is 4. The third-order valence-electron chi connectivity index (χ3n) is 10.5. The summed E-state index contributed by atoms with van der Waals surface area (Å²) in [5.41, 5.74) is 6.56. The number of hydrogen-bond donors (Lipinski definition) is 0. The van der Waals surface area contributed by atoms with Crippen molar-refractivity contribution in [3.8, 4) is 0 Å². The first-order valence-corrected chi connectivity index (χ1v) is 21.4. The van der Waals surface area contributed by atoms with Crippen LogP contribution in [0.1, 0.15) is 0 Å². The van der Waals surface area contributed by atoms with Gasteiger partial charge < -0.3 is 30.6 Å². The molecular weight excluding hydrogens is 1020 g/mol. The zero-order valence-electron chi connectivity index (χ0n) is 36.4. The van der Waals surface area contributed by atoms with Gasteiger partial charge in [-0.15, -0.1) is 59.3 Å². The standard InChI is InChI=1S/C17H10N.C16H9N2.2C13H11N2.2Pd/c1-2-7-14-12(6-1)13-8-3-4-9-15(13)17-16(14)10-5-11-18-17;1-3-7-13-11(5-1)12-6-2-4-8-14(12)16-15(13)17-9-10-18-16;2*1-3-7-12(8-4-1)14-11-15-13-9-5-2-6-10-13;;/h1-8,10-11H;1-7,9-10H;2*1-11H;;/q4*-1;2*+2. The fraction of sp³-hybridized carbons (Fsp3) is 0. The van der Waals surface area contributed by atoms with Crippen LogP contribution in [0.2, 0.25) is 0 Å². The minimum absolute atomic E-state index is 0. The van der Waals surface area contributed by atoms with E-state index in [-0.39, 0.29) is 40.8 Å². The van der Waals surface area contributed by atoms with Gasteiger partial charge in [0.25, 0.3) is 0 Å². The molecule has 0 saturated carbocycles. The van der Waals surface area contributed by atoms with E-state index in [4.69, 9.17) is 0 Å². The predicted octanol–water partition coefficient (Wildman–Crippen LogP) is 16.2. The molecule has 68 heavy (non-hydrogen) atoms. The smallest absolute Gasteiger partial charge is 0.443 e. The van der Waals surface area contributed by atoms with Gasteiger partial charge in [0.05, 0.1) is 5.52 Å². The van der Waals surface area contributed by atoms with Gasteiger partial charge in [-0.05, 0) is 50.5 Å². The van der Waals surface area contributed by atoms with Gasteiger partial charge >= 0.3 is 40.8 Å². The summed E-state index contributed by atoms with van der Waals surface area (Å²) < 4.78 is 0. The SMILES string of the molecule is C(=Nc1ccccc1)[N-]c1ccccc1.C(=Nc1ccccc1)[N-]c1ccccc1.[Pd+2].[Pd+2].[c-]1cccc2c1c1ncccc1c1ccccc21.[c-]1cccc2c1c1nccnc1c1ccccc21. The first-order chi connectivity index (χ1) is 32.8. The van der Waals surface area contributed by atoms with Gasteiger partial charge in [0.15, 0.2) is 0 Å². The first-order valence-electron chi connectivity index (χ1n) is 21.4. The van der Waals surface area contributed by atoms with Crippen LogP contribution < -0.4 is 0 Å². The molecule has 0 unspecified atom stereocenters. The number of benzene rings is 10. The number of aromatic nitrogens is 3. The van der Waals surface area contributed by atoms with Crippen LogP contribution in [-0.4, -0.2) is 27.6 Å². The molecule has 12 rings (SSSR count). The number of pyridine rings is 1. The molecule has 10 aromatic carbocycles. The second-order valence-corrected chi connectivity index (χ2v) is 14.8. The van der Waals surface area contributed by atoms with E-state index in [1.165, 1.54) is 32.3 Å². The Morgan fingerprint density at radius 3 is 1.19 bits per heavy atom. The topological polar surface area (TPSA) is 91.6 Å². The van der Waals surface area contributed by atoms with Crippen LogP contribution in [-0.2, 0) is 40.8 Å². The van der Waals surface area contributed by atoms with Crippen LogP contribution in [0, 0.1) is 12.1 Å². The molecular formula is C59H41N7Pd2. The summed E-state index contributed by atoms with van der Waals surface area (Å²) in [6.45, 7) is 0. The normalized spacial score (nSPS) is 10.6. The summed E-state index contributed by atoms with van der Waals surface area (Å²) in [5, 5.41) is 19.0. The Balaban J connectivity index is 0.000000134. The van der Waals surface area contributed by atoms with Crippen molar-refractivity contribution in [2.24, 2.45) is 9.98 Å². The van der Waals surface area contributed by atoms with E-state index in [9.17, 15) is 0 Å². The zero-order valence-corrected chi connectivity index (χ0v) is 39.5. The maximum Gasteiger partial charge on any atom is 2.00 e. The quantitative estimate of drug-likeness (QED) is 0.0546. The fourth-order valence-electron chi connectivity index (χ4n) is 7.51. The van der Waals surface area contributed by atoms with E-state index < -0.39 is 0 Å². The molecule has 12 aromatic rings. The minimum atomic E-state index is 0. The number of nitrogens with zero attached hydrogens (tertiary/aromatic N) is 7. The molecule has 0 aliphatic heterocycles. The van der Waals surface area contributed by atoms with E-state index in [2.05, 4.69) is 108 Å². The largest absolute Gasteiger partial charge is 2.00 e. The first kappa shape index (κ1) is 48.2. The number of rotatable bonds is 6. The van der Waals surface area contributed by atoms with Gasteiger partial charge in [0.2, 0.25) is 0 Å². The Hall–Kier alpha value is -7.75. The molecule has 7 nitrogen and oxygen atoms in total. The number of hydrogen-bond acceptors (Lipinski definition) is 5. The third kappa shape index (κ3) is 12.0. The summed E-state index contributed by atoms with van der Waals surface area (Å²) >= 11 is 0. The Bertz CT molecular complexity index is 2860. The number of fused-ring (bicyclic) bond motifs is 12. The third-order valence-corrected chi connectivity index (χ3v) is 10.5. The van der Waals surface area contributed by atoms with Gasteiger partial charge in [-0.2, -0.15) is 0 Å². The Morgan fingerprint density at radius 2 is 0.676 bits per heavy atom. The molecule has 0 aliphatic rings. The summed E-state index contributed by atoms with van der Waals surface area (Å²) in [7, 11) is 0. The van der Waals surface area contributed by atoms with E-state index in [0.29, 0.717) is 0 Å². The Morgan fingerprint density at radius 1 is 0.324 bits per heavy atom. The average molecular weight is 1060 g/mol. The molecule has 0 saturated heterocycles. The second-order valence-electron chi connectivity index (χ2n) is 14.8. The molecule has 0 amide bonds. The van der Waals surface area contributed by atoms with Crippen LogP contribution in [0.15, 0.2) is 247 Å². The van der Waals surface area contributed by atoms with Crippen molar-refractivity contribution in [1.82, 2.24) is 15.0 Å². The van der Waals surface area contributed by atoms with Crippen LogP contribution >= 0.6 is 0 Å². The maximum atomic E-state index is 4.53. The van der Waals surface area contributed by atoms with E-state index in [1.807, 2.05) is 164 Å². The van der Waals surface area contributed by atoms with Crippen molar-refractivity contribution in [3.63, 3.8) is 0 Å². The van der Waals surface area contributed by atoms with Gasteiger partial charge in [-0.1, -0.05) is 210 Å². The number of aliphatic imine (C=N–C) groups is 2. The minimum Gasteiger partial charge on any atom is -0.443 e.